The van der Waals surface area contributed by atoms with Gasteiger partial charge in [0.15, 0.2) is 11.7 Å². The number of rotatable bonds is 7. The predicted molar refractivity (Wildman–Crippen MR) is 103 cm³/mol. The van der Waals surface area contributed by atoms with E-state index in [1.54, 1.807) is 6.20 Å². The molecule has 0 radical (unpaired) electrons. The molecule has 0 fully saturated rings. The van der Waals surface area contributed by atoms with Gasteiger partial charge in [0.05, 0.1) is 4.92 Å². The normalized spacial score (nSPS) is 10.4. The van der Waals surface area contributed by atoms with Crippen LogP contribution in [-0.2, 0) is 11.2 Å². The minimum atomic E-state index is -0.493. The molecule has 8 heteroatoms. The Hall–Kier alpha value is -3.26. The van der Waals surface area contributed by atoms with Crippen molar-refractivity contribution >= 4 is 28.1 Å². The Kier molecular flexibility index (Phi) is 5.77. The van der Waals surface area contributed by atoms with E-state index in [1.165, 1.54) is 46.7 Å². The minimum Gasteiger partial charge on any atom is -0.484 e. The summed E-state index contributed by atoms with van der Waals surface area (Å²) < 4.78 is 5.33. The number of amides is 1. The Morgan fingerprint density at radius 1 is 1.19 bits per heavy atom. The summed E-state index contributed by atoms with van der Waals surface area (Å²) >= 11 is 1.41. The molecule has 0 aliphatic carbocycles. The van der Waals surface area contributed by atoms with Crippen LogP contribution >= 0.6 is 11.3 Å². The van der Waals surface area contributed by atoms with Gasteiger partial charge in [-0.25, -0.2) is 4.98 Å². The van der Waals surface area contributed by atoms with E-state index in [1.807, 2.05) is 6.92 Å². The van der Waals surface area contributed by atoms with Crippen LogP contribution in [0.15, 0.2) is 54.7 Å². The van der Waals surface area contributed by atoms with Crippen LogP contribution in [0.5, 0.6) is 5.75 Å². The fourth-order valence-electron chi connectivity index (χ4n) is 2.32. The lowest BCUT2D eigenvalue weighted by molar-refractivity contribution is -0.384. The molecule has 1 aromatic heterocycles. The monoisotopic (exact) mass is 383 g/mol. The van der Waals surface area contributed by atoms with Gasteiger partial charge in [-0.2, -0.15) is 0 Å². The van der Waals surface area contributed by atoms with Gasteiger partial charge in [0, 0.05) is 29.6 Å². The second kappa shape index (κ2) is 8.41. The van der Waals surface area contributed by atoms with Crippen molar-refractivity contribution in [3.63, 3.8) is 0 Å². The van der Waals surface area contributed by atoms with Gasteiger partial charge in [-0.3, -0.25) is 20.2 Å². The van der Waals surface area contributed by atoms with Gasteiger partial charge < -0.3 is 4.74 Å². The third-order valence-corrected chi connectivity index (χ3v) is 4.63. The van der Waals surface area contributed by atoms with Gasteiger partial charge in [0.25, 0.3) is 11.6 Å². The van der Waals surface area contributed by atoms with Crippen molar-refractivity contribution in [3.8, 4) is 5.75 Å². The number of hydrogen-bond acceptors (Lipinski definition) is 6. The molecule has 2 aromatic carbocycles. The van der Waals surface area contributed by atoms with Gasteiger partial charge in [-0.05, 0) is 24.6 Å². The van der Waals surface area contributed by atoms with Gasteiger partial charge in [-0.15, -0.1) is 11.3 Å². The molecule has 0 spiro atoms. The van der Waals surface area contributed by atoms with Gasteiger partial charge >= 0.3 is 0 Å². The van der Waals surface area contributed by atoms with Crippen molar-refractivity contribution in [2.24, 2.45) is 0 Å². The van der Waals surface area contributed by atoms with Crippen LogP contribution < -0.4 is 10.1 Å². The number of non-ortho nitro benzene ring substituents is 1. The number of nitro benzene ring substituents is 1. The summed E-state index contributed by atoms with van der Waals surface area (Å²) in [5.41, 5.74) is 2.36. The number of thiazole rings is 1. The number of aromatic nitrogens is 1. The minimum absolute atomic E-state index is 0.0318. The Balaban J connectivity index is 1.50. The Labute approximate surface area is 159 Å². The molecule has 7 nitrogen and oxygen atoms in total. The number of nitro groups is 1. The summed E-state index contributed by atoms with van der Waals surface area (Å²) in [6.45, 7) is 1.84. The molecule has 0 aliphatic heterocycles. The average molecular weight is 383 g/mol. The Morgan fingerprint density at radius 2 is 1.89 bits per heavy atom. The van der Waals surface area contributed by atoms with E-state index in [2.05, 4.69) is 34.6 Å². The highest BCUT2D eigenvalue weighted by Crippen LogP contribution is 2.22. The van der Waals surface area contributed by atoms with E-state index in [9.17, 15) is 14.9 Å². The van der Waals surface area contributed by atoms with Crippen LogP contribution in [0.1, 0.15) is 16.0 Å². The fourth-order valence-corrected chi connectivity index (χ4v) is 3.19. The van der Waals surface area contributed by atoms with Gasteiger partial charge in [0.1, 0.15) is 5.75 Å². The fraction of sp³-hybridized carbons (Fsp3) is 0.158. The zero-order chi connectivity index (χ0) is 19.2. The summed E-state index contributed by atoms with van der Waals surface area (Å²) in [7, 11) is 0. The maximum absolute atomic E-state index is 12.0. The number of carbonyl (C=O) groups excluding carboxylic acids is 1. The quantitative estimate of drug-likeness (QED) is 0.492. The van der Waals surface area contributed by atoms with E-state index in [0.717, 1.165) is 11.3 Å². The lowest BCUT2D eigenvalue weighted by atomic mass is 10.1. The van der Waals surface area contributed by atoms with Crippen molar-refractivity contribution in [2.45, 2.75) is 13.3 Å². The molecule has 0 bridgehead atoms. The summed E-state index contributed by atoms with van der Waals surface area (Å²) in [6, 6.07) is 13.8. The first-order valence-corrected chi connectivity index (χ1v) is 8.98. The zero-order valence-electron chi connectivity index (χ0n) is 14.5. The second-order valence-corrected chi connectivity index (χ2v) is 7.00. The number of carbonyl (C=O) groups is 1. The van der Waals surface area contributed by atoms with Gasteiger partial charge in [-0.1, -0.05) is 29.8 Å². The first kappa shape index (κ1) is 18.5. The van der Waals surface area contributed by atoms with Crippen molar-refractivity contribution in [1.82, 2.24) is 4.98 Å². The van der Waals surface area contributed by atoms with Crippen LogP contribution in [0.4, 0.5) is 10.8 Å². The summed E-state index contributed by atoms with van der Waals surface area (Å²) in [5, 5.41) is 13.8. The van der Waals surface area contributed by atoms with Crippen LogP contribution in [-0.4, -0.2) is 22.4 Å². The lowest BCUT2D eigenvalue weighted by Crippen LogP contribution is -2.19. The highest BCUT2D eigenvalue weighted by atomic mass is 32.1. The van der Waals surface area contributed by atoms with Gasteiger partial charge in [0.2, 0.25) is 0 Å². The third kappa shape index (κ3) is 5.35. The van der Waals surface area contributed by atoms with Crippen LogP contribution in [0, 0.1) is 17.0 Å². The number of anilines is 1. The molecule has 1 amide bonds. The Bertz CT molecular complexity index is 936. The smallest absolute Gasteiger partial charge is 0.269 e. The van der Waals surface area contributed by atoms with Crippen LogP contribution in [0.3, 0.4) is 0 Å². The average Bonchev–Trinajstić information content (AvgIpc) is 3.09. The van der Waals surface area contributed by atoms with E-state index in [4.69, 9.17) is 4.74 Å². The van der Waals surface area contributed by atoms with E-state index < -0.39 is 4.92 Å². The number of benzene rings is 2. The summed E-state index contributed by atoms with van der Waals surface area (Å²) in [6.07, 6.45) is 2.50. The molecule has 1 N–H and O–H groups in total. The summed E-state index contributed by atoms with van der Waals surface area (Å²) in [4.78, 5) is 27.4. The first-order chi connectivity index (χ1) is 13.0. The van der Waals surface area contributed by atoms with Crippen molar-refractivity contribution < 1.29 is 14.5 Å². The molecule has 0 unspecified atom stereocenters. The maximum Gasteiger partial charge on any atom is 0.269 e. The SMILES string of the molecule is Cc1ccc(Cc2cnc(NC(=O)COc3ccc([N+](=O)[O-])cc3)s2)cc1. The zero-order valence-corrected chi connectivity index (χ0v) is 15.4. The standard InChI is InChI=1S/C19H17N3O4S/c1-13-2-4-14(5-3-13)10-17-11-20-19(27-17)21-18(23)12-26-16-8-6-15(7-9-16)22(24)25/h2-9,11H,10,12H2,1H3,(H,20,21,23). The van der Waals surface area contributed by atoms with E-state index in [0.29, 0.717) is 10.9 Å². The highest BCUT2D eigenvalue weighted by molar-refractivity contribution is 7.15. The lowest BCUT2D eigenvalue weighted by Gasteiger charge is -2.05. The second-order valence-electron chi connectivity index (χ2n) is 5.88. The van der Waals surface area contributed by atoms with Crippen molar-refractivity contribution in [2.75, 3.05) is 11.9 Å². The van der Waals surface area contributed by atoms with Crippen LogP contribution in [0.25, 0.3) is 0 Å². The topological polar surface area (TPSA) is 94.4 Å². The molecular weight excluding hydrogens is 366 g/mol. The largest absolute Gasteiger partial charge is 0.484 e. The molecule has 0 saturated carbocycles. The highest BCUT2D eigenvalue weighted by Gasteiger charge is 2.09. The molecule has 0 aliphatic rings. The predicted octanol–water partition coefficient (Wildman–Crippen LogP) is 3.97. The van der Waals surface area contributed by atoms with Crippen molar-refractivity contribution in [3.05, 3.63) is 80.8 Å². The first-order valence-electron chi connectivity index (χ1n) is 8.17. The molecule has 1 heterocycles. The number of aryl methyl sites for hydroxylation is 1. The molecule has 3 rings (SSSR count). The molecular formula is C19H17N3O4S. The number of nitrogens with zero attached hydrogens (tertiary/aromatic N) is 2. The number of hydrogen-bond donors (Lipinski definition) is 1. The number of nitrogens with one attached hydrogen (secondary N) is 1. The molecule has 3 aromatic rings. The van der Waals surface area contributed by atoms with Crippen LogP contribution in [0.2, 0.25) is 0 Å². The van der Waals surface area contributed by atoms with Crippen molar-refractivity contribution in [1.29, 1.82) is 0 Å². The Morgan fingerprint density at radius 3 is 2.56 bits per heavy atom. The third-order valence-electron chi connectivity index (χ3n) is 3.72. The molecule has 0 atom stereocenters. The van der Waals surface area contributed by atoms with E-state index in [-0.39, 0.29) is 18.2 Å². The summed E-state index contributed by atoms with van der Waals surface area (Å²) in [5.74, 6) is 0.0412. The molecule has 138 valence electrons. The maximum atomic E-state index is 12.0. The molecule has 27 heavy (non-hydrogen) atoms. The number of ether oxygens (including phenoxy) is 1. The van der Waals surface area contributed by atoms with E-state index >= 15 is 0 Å². The molecule has 0 saturated heterocycles.